The monoisotopic (exact) mass is 224 g/mol. The highest BCUT2D eigenvalue weighted by Gasteiger charge is 1.95. The van der Waals surface area contributed by atoms with Crippen molar-refractivity contribution in [3.8, 4) is 23.0 Å². The molecule has 0 radical (unpaired) electrons. The van der Waals surface area contributed by atoms with Gasteiger partial charge in [-0.15, -0.1) is 0 Å². The van der Waals surface area contributed by atoms with Gasteiger partial charge < -0.3 is 10.2 Å². The first-order chi connectivity index (χ1) is 8.25. The van der Waals surface area contributed by atoms with E-state index in [1.54, 1.807) is 0 Å². The van der Waals surface area contributed by atoms with Crippen LogP contribution in [0.25, 0.3) is 11.1 Å². The zero-order chi connectivity index (χ0) is 12.1. The van der Waals surface area contributed by atoms with E-state index in [1.165, 1.54) is 0 Å². The third-order valence-corrected chi connectivity index (χ3v) is 2.34. The molecule has 84 valence electrons. The Morgan fingerprint density at radius 3 is 1.94 bits per heavy atom. The summed E-state index contributed by atoms with van der Waals surface area (Å²) in [6, 6.07) is 17.7. The minimum atomic E-state index is -1.58. The van der Waals surface area contributed by atoms with Crippen molar-refractivity contribution in [1.82, 2.24) is 0 Å². The fraction of sp³-hybridized carbons (Fsp3) is 0.0667. The lowest BCUT2D eigenvalue weighted by atomic mass is 10.0. The highest BCUT2D eigenvalue weighted by molar-refractivity contribution is 5.64. The largest absolute Gasteiger partial charge is 0.358 e. The maximum atomic E-state index is 8.63. The molecule has 0 spiro atoms. The maximum absolute atomic E-state index is 8.63. The molecule has 2 aromatic carbocycles. The van der Waals surface area contributed by atoms with E-state index < -0.39 is 6.29 Å². The van der Waals surface area contributed by atoms with Gasteiger partial charge in [0.1, 0.15) is 0 Å². The molecule has 0 unspecified atom stereocenters. The predicted molar refractivity (Wildman–Crippen MR) is 67.0 cm³/mol. The Morgan fingerprint density at radius 1 is 0.765 bits per heavy atom. The van der Waals surface area contributed by atoms with Crippen LogP contribution in [0.2, 0.25) is 0 Å². The van der Waals surface area contributed by atoms with Gasteiger partial charge in [-0.2, -0.15) is 0 Å². The van der Waals surface area contributed by atoms with Gasteiger partial charge >= 0.3 is 0 Å². The molecule has 0 aliphatic rings. The van der Waals surface area contributed by atoms with Crippen LogP contribution in [0.15, 0.2) is 54.6 Å². The lowest BCUT2D eigenvalue weighted by Gasteiger charge is -2.00. The van der Waals surface area contributed by atoms with Gasteiger partial charge in [-0.25, -0.2) is 0 Å². The number of hydrogen-bond donors (Lipinski definition) is 2. The molecule has 0 aromatic heterocycles. The Bertz CT molecular complexity index is 531. The zero-order valence-corrected chi connectivity index (χ0v) is 9.17. The molecule has 0 heterocycles. The predicted octanol–water partition coefficient (Wildman–Crippen LogP) is 2.02. The Morgan fingerprint density at radius 2 is 1.35 bits per heavy atom. The molecule has 2 nitrogen and oxygen atoms in total. The van der Waals surface area contributed by atoms with Crippen molar-refractivity contribution < 1.29 is 10.2 Å². The van der Waals surface area contributed by atoms with Gasteiger partial charge in [0.2, 0.25) is 6.29 Å². The number of hydrogen-bond acceptors (Lipinski definition) is 2. The molecule has 0 saturated heterocycles. The van der Waals surface area contributed by atoms with Crippen molar-refractivity contribution in [3.05, 3.63) is 60.2 Å². The van der Waals surface area contributed by atoms with Gasteiger partial charge in [0.05, 0.1) is 0 Å². The topological polar surface area (TPSA) is 40.5 Å². The minimum absolute atomic E-state index is 0.762. The Kier molecular flexibility index (Phi) is 3.56. The van der Waals surface area contributed by atoms with E-state index >= 15 is 0 Å². The van der Waals surface area contributed by atoms with Crippen molar-refractivity contribution in [2.45, 2.75) is 6.29 Å². The van der Waals surface area contributed by atoms with Gasteiger partial charge in [0.15, 0.2) is 0 Å². The molecule has 0 amide bonds. The number of aliphatic hydroxyl groups is 2. The average Bonchev–Trinajstić information content (AvgIpc) is 2.38. The molecule has 0 atom stereocenters. The standard InChI is InChI=1S/C15H12O2/c16-15(17)11-8-12-6-9-14(10-7-12)13-4-2-1-3-5-13/h1-7,9-10,15-17H. The molecule has 0 aliphatic carbocycles. The molecule has 2 N–H and O–H groups in total. The normalized spacial score (nSPS) is 9.82. The fourth-order valence-electron chi connectivity index (χ4n) is 1.52. The Hall–Kier alpha value is -2.08. The first-order valence-electron chi connectivity index (χ1n) is 5.29. The maximum Gasteiger partial charge on any atom is 0.217 e. The number of aliphatic hydroxyl groups excluding tert-OH is 1. The summed E-state index contributed by atoms with van der Waals surface area (Å²) < 4.78 is 0. The van der Waals surface area contributed by atoms with Crippen molar-refractivity contribution in [2.75, 3.05) is 0 Å². The average molecular weight is 224 g/mol. The molecule has 2 rings (SSSR count). The third kappa shape index (κ3) is 3.18. The minimum Gasteiger partial charge on any atom is -0.358 e. The molecule has 17 heavy (non-hydrogen) atoms. The highest BCUT2D eigenvalue weighted by atomic mass is 16.5. The second-order valence-corrected chi connectivity index (χ2v) is 3.59. The first kappa shape index (κ1) is 11.4. The van der Waals surface area contributed by atoms with E-state index in [2.05, 4.69) is 11.8 Å². The van der Waals surface area contributed by atoms with E-state index in [9.17, 15) is 0 Å². The molecule has 0 saturated carbocycles. The summed E-state index contributed by atoms with van der Waals surface area (Å²) in [5.74, 6) is 4.95. The van der Waals surface area contributed by atoms with Crippen LogP contribution in [0.1, 0.15) is 5.56 Å². The van der Waals surface area contributed by atoms with Gasteiger partial charge in [0.25, 0.3) is 0 Å². The van der Waals surface area contributed by atoms with Crippen LogP contribution in [0.4, 0.5) is 0 Å². The molecular weight excluding hydrogens is 212 g/mol. The van der Waals surface area contributed by atoms with Gasteiger partial charge in [-0.05, 0) is 29.2 Å². The van der Waals surface area contributed by atoms with Crippen LogP contribution in [-0.4, -0.2) is 16.5 Å². The highest BCUT2D eigenvalue weighted by Crippen LogP contribution is 2.18. The van der Waals surface area contributed by atoms with Crippen LogP contribution in [-0.2, 0) is 0 Å². The van der Waals surface area contributed by atoms with E-state index in [0.717, 1.165) is 16.7 Å². The van der Waals surface area contributed by atoms with Crippen LogP contribution in [0, 0.1) is 11.8 Å². The number of rotatable bonds is 1. The van der Waals surface area contributed by atoms with Crippen LogP contribution >= 0.6 is 0 Å². The molecular formula is C15H12O2. The molecule has 0 bridgehead atoms. The van der Waals surface area contributed by atoms with Crippen molar-refractivity contribution in [3.63, 3.8) is 0 Å². The second kappa shape index (κ2) is 5.31. The van der Waals surface area contributed by atoms with Crippen LogP contribution < -0.4 is 0 Å². The van der Waals surface area contributed by atoms with Crippen LogP contribution in [0.5, 0.6) is 0 Å². The Balaban J connectivity index is 2.23. The van der Waals surface area contributed by atoms with Gasteiger partial charge in [-0.1, -0.05) is 48.4 Å². The molecule has 2 heteroatoms. The first-order valence-corrected chi connectivity index (χ1v) is 5.29. The van der Waals surface area contributed by atoms with Crippen molar-refractivity contribution in [2.24, 2.45) is 0 Å². The molecule has 0 fully saturated rings. The summed E-state index contributed by atoms with van der Waals surface area (Å²) in [6.45, 7) is 0. The van der Waals surface area contributed by atoms with Crippen LogP contribution in [0.3, 0.4) is 0 Å². The van der Waals surface area contributed by atoms with E-state index in [0.29, 0.717) is 0 Å². The quantitative estimate of drug-likeness (QED) is 0.574. The lowest BCUT2D eigenvalue weighted by molar-refractivity contribution is 0.0108. The number of benzene rings is 2. The molecule has 2 aromatic rings. The summed E-state index contributed by atoms with van der Waals surface area (Å²) in [5.41, 5.74) is 3.02. The third-order valence-electron chi connectivity index (χ3n) is 2.34. The van der Waals surface area contributed by atoms with E-state index in [1.807, 2.05) is 54.6 Å². The van der Waals surface area contributed by atoms with E-state index in [4.69, 9.17) is 10.2 Å². The van der Waals surface area contributed by atoms with Crippen molar-refractivity contribution in [1.29, 1.82) is 0 Å². The summed E-state index contributed by atoms with van der Waals surface area (Å²) in [5, 5.41) is 17.3. The zero-order valence-electron chi connectivity index (χ0n) is 9.17. The summed E-state index contributed by atoms with van der Waals surface area (Å²) in [7, 11) is 0. The molecule has 0 aliphatic heterocycles. The SMILES string of the molecule is OC(O)C#Cc1ccc(-c2ccccc2)cc1. The summed E-state index contributed by atoms with van der Waals surface area (Å²) >= 11 is 0. The summed E-state index contributed by atoms with van der Waals surface area (Å²) in [4.78, 5) is 0. The lowest BCUT2D eigenvalue weighted by Crippen LogP contribution is -1.98. The Labute approximate surface area is 100 Å². The van der Waals surface area contributed by atoms with Crippen molar-refractivity contribution >= 4 is 0 Å². The smallest absolute Gasteiger partial charge is 0.217 e. The second-order valence-electron chi connectivity index (χ2n) is 3.59. The summed E-state index contributed by atoms with van der Waals surface area (Å²) in [6.07, 6.45) is -1.58. The van der Waals surface area contributed by atoms with E-state index in [-0.39, 0.29) is 0 Å². The van der Waals surface area contributed by atoms with Gasteiger partial charge in [-0.3, -0.25) is 0 Å². The van der Waals surface area contributed by atoms with Gasteiger partial charge in [0, 0.05) is 5.56 Å². The fourth-order valence-corrected chi connectivity index (χ4v) is 1.52.